The third kappa shape index (κ3) is 4.60. The van der Waals surface area contributed by atoms with Gasteiger partial charge in [-0.1, -0.05) is 71.7 Å². The van der Waals surface area contributed by atoms with Crippen LogP contribution in [-0.2, 0) is 15.9 Å². The van der Waals surface area contributed by atoms with Gasteiger partial charge in [-0.05, 0) is 75.2 Å². The van der Waals surface area contributed by atoms with Crippen molar-refractivity contribution in [1.82, 2.24) is 0 Å². The molecule has 2 saturated heterocycles. The number of halogens is 2. The van der Waals surface area contributed by atoms with Crippen LogP contribution in [0, 0.1) is 0 Å². The van der Waals surface area contributed by atoms with Crippen molar-refractivity contribution in [3.8, 4) is 44.9 Å². The first-order chi connectivity index (χ1) is 18.1. The van der Waals surface area contributed by atoms with Gasteiger partial charge in [0.1, 0.15) is 36.9 Å². The molecule has 3 aliphatic rings. The number of epoxide rings is 2. The number of fused-ring (bicyclic) bond motifs is 3. The molecule has 2 fully saturated rings. The maximum atomic E-state index is 6.72. The second kappa shape index (κ2) is 9.38. The van der Waals surface area contributed by atoms with Gasteiger partial charge < -0.3 is 18.9 Å². The third-order valence-electron chi connectivity index (χ3n) is 7.11. The Hall–Kier alpha value is -3.02. The van der Waals surface area contributed by atoms with Gasteiger partial charge in [-0.15, -0.1) is 0 Å². The largest absolute Gasteiger partial charge is 0.489 e. The molecule has 7 rings (SSSR count). The Labute approximate surface area is 225 Å². The number of rotatable bonds is 8. The van der Waals surface area contributed by atoms with Crippen LogP contribution >= 0.6 is 23.2 Å². The molecule has 4 nitrogen and oxygen atoms in total. The average molecular weight is 531 g/mol. The van der Waals surface area contributed by atoms with Gasteiger partial charge in [0.2, 0.25) is 0 Å². The molecule has 186 valence electrons. The van der Waals surface area contributed by atoms with E-state index < -0.39 is 0 Å². The van der Waals surface area contributed by atoms with Gasteiger partial charge >= 0.3 is 0 Å². The molecular weight excluding hydrogens is 507 g/mol. The number of benzene rings is 4. The molecule has 4 aromatic carbocycles. The van der Waals surface area contributed by atoms with Crippen molar-refractivity contribution in [2.75, 3.05) is 26.4 Å². The molecule has 2 aliphatic heterocycles. The van der Waals surface area contributed by atoms with Crippen LogP contribution in [0.25, 0.3) is 33.4 Å². The van der Waals surface area contributed by atoms with Crippen molar-refractivity contribution >= 4 is 23.2 Å². The molecule has 6 heteroatoms. The lowest BCUT2D eigenvalue weighted by Gasteiger charge is -2.18. The molecule has 4 aromatic rings. The molecule has 37 heavy (non-hydrogen) atoms. The van der Waals surface area contributed by atoms with Crippen LogP contribution in [0.3, 0.4) is 0 Å². The highest BCUT2D eigenvalue weighted by Crippen LogP contribution is 2.47. The maximum absolute atomic E-state index is 6.72. The maximum Gasteiger partial charge on any atom is 0.138 e. The summed E-state index contributed by atoms with van der Waals surface area (Å²) in [4.78, 5) is 0. The third-order valence-corrected chi connectivity index (χ3v) is 7.70. The Morgan fingerprint density at radius 1 is 0.676 bits per heavy atom. The first-order valence-electron chi connectivity index (χ1n) is 12.5. The molecule has 0 amide bonds. The van der Waals surface area contributed by atoms with Gasteiger partial charge in [0.25, 0.3) is 0 Å². The van der Waals surface area contributed by atoms with E-state index >= 15 is 0 Å². The fourth-order valence-electron chi connectivity index (χ4n) is 5.03. The van der Waals surface area contributed by atoms with E-state index in [0.29, 0.717) is 34.8 Å². The summed E-state index contributed by atoms with van der Waals surface area (Å²) in [6.45, 7) is 2.52. The minimum absolute atomic E-state index is 0.173. The van der Waals surface area contributed by atoms with Crippen molar-refractivity contribution in [2.45, 2.75) is 18.6 Å². The van der Waals surface area contributed by atoms with Gasteiger partial charge in [0.05, 0.1) is 23.3 Å². The van der Waals surface area contributed by atoms with Crippen LogP contribution in [0.15, 0.2) is 72.8 Å². The van der Waals surface area contributed by atoms with Gasteiger partial charge in [0, 0.05) is 0 Å². The van der Waals surface area contributed by atoms with Gasteiger partial charge in [0.15, 0.2) is 0 Å². The zero-order valence-corrected chi connectivity index (χ0v) is 21.5. The molecule has 0 bridgehead atoms. The van der Waals surface area contributed by atoms with Crippen LogP contribution in [0.4, 0.5) is 0 Å². The minimum Gasteiger partial charge on any atom is -0.489 e. The number of hydrogen-bond acceptors (Lipinski definition) is 4. The van der Waals surface area contributed by atoms with Crippen LogP contribution in [0.5, 0.6) is 11.5 Å². The molecule has 0 saturated carbocycles. The van der Waals surface area contributed by atoms with Gasteiger partial charge in [-0.25, -0.2) is 0 Å². The molecule has 0 aromatic heterocycles. The standard InChI is InChI=1S/C31H24Cl2O4/c32-27-12-19(5-9-29(27)36-16-21-14-34-21)24-7-8-25-23-4-2-1-3-18(23)11-26(25)31(24)20-6-10-30(28(33)13-20)37-17-22-15-35-22/h1-10,12-13,21-22H,11,14-17H2. The van der Waals surface area contributed by atoms with Crippen molar-refractivity contribution < 1.29 is 18.9 Å². The van der Waals surface area contributed by atoms with Crippen LogP contribution in [0.1, 0.15) is 11.1 Å². The van der Waals surface area contributed by atoms with Crippen molar-refractivity contribution in [2.24, 2.45) is 0 Å². The van der Waals surface area contributed by atoms with Crippen LogP contribution in [-0.4, -0.2) is 38.6 Å². The van der Waals surface area contributed by atoms with Gasteiger partial charge in [-0.3, -0.25) is 0 Å². The second-order valence-corrected chi connectivity index (χ2v) is 10.5. The van der Waals surface area contributed by atoms with E-state index in [4.69, 9.17) is 42.1 Å². The normalized spacial score (nSPS) is 18.8. The van der Waals surface area contributed by atoms with Crippen LogP contribution < -0.4 is 9.47 Å². The smallest absolute Gasteiger partial charge is 0.138 e. The average Bonchev–Trinajstić information content (AvgIpc) is 3.84. The Balaban J connectivity index is 1.31. The lowest BCUT2D eigenvalue weighted by molar-refractivity contribution is 0.263. The molecular formula is C31H24Cl2O4. The van der Waals surface area contributed by atoms with Crippen molar-refractivity contribution in [3.05, 3.63) is 94.0 Å². The highest BCUT2D eigenvalue weighted by atomic mass is 35.5. The molecule has 0 spiro atoms. The fourth-order valence-corrected chi connectivity index (χ4v) is 5.50. The summed E-state index contributed by atoms with van der Waals surface area (Å²) in [5, 5.41) is 1.17. The molecule has 1 aliphatic carbocycles. The van der Waals surface area contributed by atoms with E-state index in [9.17, 15) is 0 Å². The molecule has 0 N–H and O–H groups in total. The minimum atomic E-state index is 0.173. The summed E-state index contributed by atoms with van der Waals surface area (Å²) < 4.78 is 22.3. The quantitative estimate of drug-likeness (QED) is 0.195. The molecule has 2 heterocycles. The zero-order chi connectivity index (χ0) is 24.9. The second-order valence-electron chi connectivity index (χ2n) is 9.67. The lowest BCUT2D eigenvalue weighted by Crippen LogP contribution is -2.04. The summed E-state index contributed by atoms with van der Waals surface area (Å²) >= 11 is 13.4. The predicted octanol–water partition coefficient (Wildman–Crippen LogP) is 7.45. The topological polar surface area (TPSA) is 43.5 Å². The Bertz CT molecular complexity index is 1510. The number of hydrogen-bond donors (Lipinski definition) is 0. The molecule has 2 unspecified atom stereocenters. The predicted molar refractivity (Wildman–Crippen MR) is 146 cm³/mol. The summed E-state index contributed by atoms with van der Waals surface area (Å²) in [5.74, 6) is 1.34. The fraction of sp³-hybridized carbons (Fsp3) is 0.226. The van der Waals surface area contributed by atoms with E-state index in [0.717, 1.165) is 41.9 Å². The van der Waals surface area contributed by atoms with Gasteiger partial charge in [-0.2, -0.15) is 0 Å². The van der Waals surface area contributed by atoms with E-state index in [2.05, 4.69) is 48.5 Å². The Kier molecular flexibility index (Phi) is 5.86. The monoisotopic (exact) mass is 530 g/mol. The summed E-state index contributed by atoms with van der Waals surface area (Å²) in [5.41, 5.74) is 9.48. The van der Waals surface area contributed by atoms with Crippen LogP contribution in [0.2, 0.25) is 10.0 Å². The summed E-state index contributed by atoms with van der Waals surface area (Å²) in [6, 6.07) is 25.0. The first kappa shape index (κ1) is 23.1. The highest BCUT2D eigenvalue weighted by molar-refractivity contribution is 6.32. The summed E-state index contributed by atoms with van der Waals surface area (Å²) in [7, 11) is 0. The first-order valence-corrected chi connectivity index (χ1v) is 13.2. The SMILES string of the molecule is Clc1cc(-c2ccc3c(c2-c2ccc(OCC4CO4)c(Cl)c2)Cc2ccccc2-3)ccc1OCC1CO1. The Morgan fingerprint density at radius 2 is 1.27 bits per heavy atom. The van der Waals surface area contributed by atoms with Crippen molar-refractivity contribution in [1.29, 1.82) is 0 Å². The summed E-state index contributed by atoms with van der Waals surface area (Å²) in [6.07, 6.45) is 1.21. The molecule has 2 atom stereocenters. The highest BCUT2D eigenvalue weighted by Gasteiger charge is 2.27. The number of ether oxygens (including phenoxy) is 4. The molecule has 0 radical (unpaired) electrons. The lowest BCUT2D eigenvalue weighted by atomic mass is 9.88. The van der Waals surface area contributed by atoms with E-state index in [1.807, 2.05) is 24.3 Å². The Morgan fingerprint density at radius 3 is 1.92 bits per heavy atom. The zero-order valence-electron chi connectivity index (χ0n) is 20.0. The van der Waals surface area contributed by atoms with E-state index in [1.54, 1.807) is 0 Å². The van der Waals surface area contributed by atoms with E-state index in [-0.39, 0.29) is 12.2 Å². The van der Waals surface area contributed by atoms with E-state index in [1.165, 1.54) is 22.3 Å². The van der Waals surface area contributed by atoms with Crippen molar-refractivity contribution in [3.63, 3.8) is 0 Å².